The highest BCUT2D eigenvalue weighted by atomic mass is 35.5. The quantitative estimate of drug-likeness (QED) is 0.351. The number of benzene rings is 2. The predicted molar refractivity (Wildman–Crippen MR) is 123 cm³/mol. The molecular formula is C22H22ClF4N5O2. The van der Waals surface area contributed by atoms with Crippen LogP contribution < -0.4 is 20.7 Å². The summed E-state index contributed by atoms with van der Waals surface area (Å²) in [5.74, 6) is -0.694. The number of amides is 2. The summed E-state index contributed by atoms with van der Waals surface area (Å²) in [6.45, 7) is 0.996. The summed E-state index contributed by atoms with van der Waals surface area (Å²) >= 11 is 6.35. The maximum Gasteiger partial charge on any atom is 0.573 e. The molecule has 2 amide bonds. The van der Waals surface area contributed by atoms with Crippen LogP contribution in [0.4, 0.5) is 28.0 Å². The van der Waals surface area contributed by atoms with Gasteiger partial charge in [0.2, 0.25) is 5.96 Å². The van der Waals surface area contributed by atoms with Crippen LogP contribution in [0.2, 0.25) is 5.02 Å². The Balaban J connectivity index is 1.54. The van der Waals surface area contributed by atoms with E-state index in [1.54, 1.807) is 6.21 Å². The fraction of sp³-hybridized carbons (Fsp3) is 0.318. The molecule has 2 aromatic rings. The average Bonchev–Trinajstić information content (AvgIpc) is 2.78. The van der Waals surface area contributed by atoms with Crippen molar-refractivity contribution >= 4 is 35.5 Å². The lowest BCUT2D eigenvalue weighted by Crippen LogP contribution is -2.35. The number of alkyl halides is 4. The maximum absolute atomic E-state index is 12.5. The molecule has 0 spiro atoms. The van der Waals surface area contributed by atoms with Gasteiger partial charge in [0.05, 0.1) is 18.9 Å². The molecule has 3 N–H and O–H groups in total. The molecule has 0 aliphatic carbocycles. The van der Waals surface area contributed by atoms with Crippen molar-refractivity contribution in [2.24, 2.45) is 9.98 Å². The molecule has 1 heterocycles. The summed E-state index contributed by atoms with van der Waals surface area (Å²) in [7, 11) is 0. The van der Waals surface area contributed by atoms with Gasteiger partial charge in [-0.2, -0.15) is 0 Å². The second kappa shape index (κ2) is 11.8. The molecule has 1 aliphatic rings. The number of carbonyl (C=O) groups is 1. The third-order valence-electron chi connectivity index (χ3n) is 4.71. The van der Waals surface area contributed by atoms with E-state index in [1.165, 1.54) is 18.2 Å². The van der Waals surface area contributed by atoms with E-state index in [4.69, 9.17) is 11.6 Å². The normalized spacial score (nSPS) is 15.6. The molecule has 0 saturated heterocycles. The highest BCUT2D eigenvalue weighted by Crippen LogP contribution is 2.30. The van der Waals surface area contributed by atoms with Crippen molar-refractivity contribution < 1.29 is 27.1 Å². The van der Waals surface area contributed by atoms with E-state index in [-0.39, 0.29) is 30.8 Å². The van der Waals surface area contributed by atoms with E-state index in [0.717, 1.165) is 17.2 Å². The summed E-state index contributed by atoms with van der Waals surface area (Å²) in [4.78, 5) is 20.5. The standard InChI is InChI=1S/C22H22ClF4N5O2/c23-17-10-14(6-7-15(17)11-28-9-3-8-24)16-12-29-20(30-13-16)32-21(33)31-18-4-1-2-5-19(18)34-22(25,26)27/h1-2,4-7,10,12,16,28H,3,8-9,11,13H2,(H2,30,31,32,33). The van der Waals surface area contributed by atoms with Crippen molar-refractivity contribution in [1.82, 2.24) is 10.6 Å². The molecule has 1 atom stereocenters. The van der Waals surface area contributed by atoms with Crippen molar-refractivity contribution in [3.05, 3.63) is 58.6 Å². The molecule has 182 valence electrons. The number of hydrogen-bond donors (Lipinski definition) is 3. The van der Waals surface area contributed by atoms with Crippen LogP contribution in [0.15, 0.2) is 52.4 Å². The summed E-state index contributed by atoms with van der Waals surface area (Å²) < 4.78 is 53.6. The summed E-state index contributed by atoms with van der Waals surface area (Å²) in [6.07, 6.45) is -2.85. The third kappa shape index (κ3) is 7.70. The Hall–Kier alpha value is -3.18. The van der Waals surface area contributed by atoms with E-state index < -0.39 is 18.1 Å². The van der Waals surface area contributed by atoms with Crippen LogP contribution in [-0.4, -0.2) is 44.3 Å². The van der Waals surface area contributed by atoms with Crippen molar-refractivity contribution in [3.8, 4) is 5.75 Å². The van der Waals surface area contributed by atoms with Gasteiger partial charge in [0.1, 0.15) is 0 Å². The van der Waals surface area contributed by atoms with E-state index in [9.17, 15) is 22.4 Å². The number of ether oxygens (including phenoxy) is 1. The minimum absolute atomic E-state index is 0.0164. The van der Waals surface area contributed by atoms with Gasteiger partial charge in [0.15, 0.2) is 5.75 Å². The number of aliphatic imine (C=N–C) groups is 2. The van der Waals surface area contributed by atoms with Gasteiger partial charge < -0.3 is 15.4 Å². The fourth-order valence-electron chi connectivity index (χ4n) is 3.09. The van der Waals surface area contributed by atoms with Crippen LogP contribution in [0.3, 0.4) is 0 Å². The molecular weight excluding hydrogens is 478 g/mol. The number of nitrogens with zero attached hydrogens (tertiary/aromatic N) is 2. The van der Waals surface area contributed by atoms with E-state index >= 15 is 0 Å². The molecule has 12 heteroatoms. The van der Waals surface area contributed by atoms with Crippen LogP contribution in [0.25, 0.3) is 0 Å². The summed E-state index contributed by atoms with van der Waals surface area (Å²) in [5.41, 5.74) is 1.60. The number of halogens is 5. The van der Waals surface area contributed by atoms with E-state index in [2.05, 4.69) is 30.7 Å². The molecule has 0 saturated carbocycles. The average molecular weight is 500 g/mol. The number of anilines is 1. The molecule has 0 radical (unpaired) electrons. The first-order chi connectivity index (χ1) is 16.2. The van der Waals surface area contributed by atoms with Gasteiger partial charge in [-0.15, -0.1) is 13.2 Å². The zero-order chi connectivity index (χ0) is 24.6. The number of urea groups is 1. The van der Waals surface area contributed by atoms with E-state index in [0.29, 0.717) is 24.5 Å². The summed E-state index contributed by atoms with van der Waals surface area (Å²) in [6, 6.07) is 9.92. The van der Waals surface area contributed by atoms with Crippen molar-refractivity contribution in [3.63, 3.8) is 0 Å². The number of carbonyl (C=O) groups excluding carboxylic acids is 1. The highest BCUT2D eigenvalue weighted by Gasteiger charge is 2.32. The molecule has 1 unspecified atom stereocenters. The lowest BCUT2D eigenvalue weighted by Gasteiger charge is -2.17. The monoisotopic (exact) mass is 499 g/mol. The van der Waals surface area contributed by atoms with Gasteiger partial charge in [-0.25, -0.2) is 14.8 Å². The number of para-hydroxylation sites is 2. The van der Waals surface area contributed by atoms with E-state index in [1.807, 2.05) is 18.2 Å². The molecule has 2 aromatic carbocycles. The maximum atomic E-state index is 12.5. The second-order valence-electron chi connectivity index (χ2n) is 7.24. The fourth-order valence-corrected chi connectivity index (χ4v) is 3.34. The van der Waals surface area contributed by atoms with Crippen LogP contribution in [-0.2, 0) is 6.54 Å². The highest BCUT2D eigenvalue weighted by molar-refractivity contribution is 6.31. The number of hydrogen-bond acceptors (Lipinski definition) is 5. The Morgan fingerprint density at radius 1 is 1.18 bits per heavy atom. The summed E-state index contributed by atoms with van der Waals surface area (Å²) in [5, 5.41) is 8.35. The molecule has 0 aromatic heterocycles. The Bertz CT molecular complexity index is 1060. The lowest BCUT2D eigenvalue weighted by molar-refractivity contribution is -0.274. The zero-order valence-corrected chi connectivity index (χ0v) is 18.6. The van der Waals surface area contributed by atoms with Crippen molar-refractivity contribution in [1.29, 1.82) is 0 Å². The Morgan fingerprint density at radius 2 is 1.97 bits per heavy atom. The Labute approximate surface area is 198 Å². The van der Waals surface area contributed by atoms with Crippen LogP contribution in [0.1, 0.15) is 23.5 Å². The SMILES string of the molecule is O=C(NC1=NCC(c2ccc(CNCCCF)c(Cl)c2)C=N1)Nc1ccccc1OC(F)(F)F. The van der Waals surface area contributed by atoms with Crippen LogP contribution in [0.5, 0.6) is 5.75 Å². The smallest absolute Gasteiger partial charge is 0.404 e. The zero-order valence-electron chi connectivity index (χ0n) is 17.8. The molecule has 34 heavy (non-hydrogen) atoms. The lowest BCUT2D eigenvalue weighted by atomic mass is 9.98. The van der Waals surface area contributed by atoms with Crippen molar-refractivity contribution in [2.45, 2.75) is 25.2 Å². The molecule has 1 aliphatic heterocycles. The van der Waals surface area contributed by atoms with Gasteiger partial charge in [-0.05, 0) is 42.3 Å². The Kier molecular flexibility index (Phi) is 8.83. The van der Waals surface area contributed by atoms with Crippen LogP contribution in [0, 0.1) is 0 Å². The molecule has 3 rings (SSSR count). The molecule has 7 nitrogen and oxygen atoms in total. The first kappa shape index (κ1) is 25.4. The first-order valence-corrected chi connectivity index (χ1v) is 10.7. The first-order valence-electron chi connectivity index (χ1n) is 10.3. The number of guanidine groups is 1. The largest absolute Gasteiger partial charge is 0.573 e. The second-order valence-corrected chi connectivity index (χ2v) is 7.65. The van der Waals surface area contributed by atoms with Gasteiger partial charge in [0.25, 0.3) is 0 Å². The van der Waals surface area contributed by atoms with Crippen LogP contribution >= 0.6 is 11.6 Å². The van der Waals surface area contributed by atoms with Gasteiger partial charge in [0, 0.05) is 23.7 Å². The molecule has 0 bridgehead atoms. The number of rotatable bonds is 8. The predicted octanol–water partition coefficient (Wildman–Crippen LogP) is 5.03. The van der Waals surface area contributed by atoms with Gasteiger partial charge >= 0.3 is 12.4 Å². The van der Waals surface area contributed by atoms with Gasteiger partial charge in [-0.1, -0.05) is 35.9 Å². The number of nitrogens with one attached hydrogen (secondary N) is 3. The molecule has 0 fully saturated rings. The topological polar surface area (TPSA) is 87.1 Å². The minimum Gasteiger partial charge on any atom is -0.404 e. The van der Waals surface area contributed by atoms with Crippen molar-refractivity contribution in [2.75, 3.05) is 25.1 Å². The van der Waals surface area contributed by atoms with Gasteiger partial charge in [-0.3, -0.25) is 9.71 Å². The Morgan fingerprint density at radius 3 is 2.65 bits per heavy atom. The third-order valence-corrected chi connectivity index (χ3v) is 5.06. The minimum atomic E-state index is -4.89.